The summed E-state index contributed by atoms with van der Waals surface area (Å²) in [5.74, 6) is -1.70. The van der Waals surface area contributed by atoms with Crippen LogP contribution in [0.25, 0.3) is 0 Å². The fourth-order valence-electron chi connectivity index (χ4n) is 2.43. The zero-order valence-corrected chi connectivity index (χ0v) is 13.9. The number of hydroxylamine groups is 2. The predicted molar refractivity (Wildman–Crippen MR) is 83.6 cm³/mol. The summed E-state index contributed by atoms with van der Waals surface area (Å²) in [7, 11) is 0. The number of aromatic nitrogens is 4. The molecule has 0 unspecified atom stereocenters. The quantitative estimate of drug-likeness (QED) is 0.732. The molecule has 9 nitrogen and oxygen atoms in total. The third kappa shape index (κ3) is 3.39. The average Bonchev–Trinajstić information content (AvgIpc) is 3.18. The summed E-state index contributed by atoms with van der Waals surface area (Å²) in [5.41, 5.74) is 0.423. The van der Waals surface area contributed by atoms with Crippen molar-refractivity contribution in [2.24, 2.45) is 0 Å². The number of carbonyl (C=O) groups is 3. The Morgan fingerprint density at radius 2 is 1.80 bits per heavy atom. The molecule has 2 amide bonds. The maximum Gasteiger partial charge on any atom is 0.340 e. The number of nitrogens with zero attached hydrogens (tertiary/aromatic N) is 5. The van der Waals surface area contributed by atoms with Crippen LogP contribution < -0.4 is 0 Å². The van der Waals surface area contributed by atoms with Gasteiger partial charge in [-0.3, -0.25) is 9.59 Å². The van der Waals surface area contributed by atoms with E-state index in [-0.39, 0.29) is 25.1 Å². The van der Waals surface area contributed by atoms with E-state index in [1.165, 1.54) is 4.80 Å². The minimum Gasteiger partial charge on any atom is -0.330 e. The molecule has 0 N–H and O–H groups in total. The molecular formula is C16H17N5O4. The van der Waals surface area contributed by atoms with Crippen molar-refractivity contribution in [1.29, 1.82) is 0 Å². The molecule has 1 aliphatic rings. The highest BCUT2D eigenvalue weighted by Crippen LogP contribution is 2.23. The standard InChI is InChI=1S/C16H17N5O4/c1-16(2,11-6-4-3-5-7-11)21-18-12(17-19-21)10-15(24)25-20-13(22)8-9-14(20)23/h3-7H,8-10H2,1-2H3. The molecule has 2 aromatic rings. The molecule has 9 heteroatoms. The second-order valence-corrected chi connectivity index (χ2v) is 6.14. The van der Waals surface area contributed by atoms with Crippen molar-refractivity contribution < 1.29 is 19.2 Å². The molecule has 1 aliphatic heterocycles. The van der Waals surface area contributed by atoms with E-state index in [0.717, 1.165) is 5.56 Å². The average molecular weight is 343 g/mol. The number of rotatable bonds is 5. The van der Waals surface area contributed by atoms with E-state index in [9.17, 15) is 14.4 Å². The number of hydrogen-bond donors (Lipinski definition) is 0. The zero-order chi connectivity index (χ0) is 18.0. The van der Waals surface area contributed by atoms with Crippen LogP contribution in [-0.4, -0.2) is 43.1 Å². The lowest BCUT2D eigenvalue weighted by Crippen LogP contribution is -2.33. The van der Waals surface area contributed by atoms with Crippen LogP contribution in [0.3, 0.4) is 0 Å². The Hall–Kier alpha value is -3.10. The zero-order valence-electron chi connectivity index (χ0n) is 13.9. The minimum atomic E-state index is -0.791. The van der Waals surface area contributed by atoms with Crippen molar-refractivity contribution >= 4 is 17.8 Å². The van der Waals surface area contributed by atoms with Crippen LogP contribution in [0.2, 0.25) is 0 Å². The van der Waals surface area contributed by atoms with Crippen LogP contribution in [0.5, 0.6) is 0 Å². The Kier molecular flexibility index (Phi) is 4.30. The third-order valence-electron chi connectivity index (χ3n) is 3.94. The first-order valence-corrected chi connectivity index (χ1v) is 7.79. The Balaban J connectivity index is 1.68. The fraction of sp³-hybridized carbons (Fsp3) is 0.375. The molecule has 1 aromatic carbocycles. The van der Waals surface area contributed by atoms with Gasteiger partial charge in [0.2, 0.25) is 0 Å². The van der Waals surface area contributed by atoms with Crippen molar-refractivity contribution in [3.63, 3.8) is 0 Å². The molecule has 0 saturated carbocycles. The van der Waals surface area contributed by atoms with E-state index in [0.29, 0.717) is 5.06 Å². The highest BCUT2D eigenvalue weighted by Gasteiger charge is 2.33. The fourth-order valence-corrected chi connectivity index (χ4v) is 2.43. The van der Waals surface area contributed by atoms with Gasteiger partial charge in [-0.15, -0.1) is 15.3 Å². The summed E-state index contributed by atoms with van der Waals surface area (Å²) in [6.07, 6.45) is -0.195. The van der Waals surface area contributed by atoms with Crippen molar-refractivity contribution in [2.45, 2.75) is 38.6 Å². The summed E-state index contributed by atoms with van der Waals surface area (Å²) < 4.78 is 0. The van der Waals surface area contributed by atoms with Crippen LogP contribution in [0, 0.1) is 0 Å². The molecule has 0 aliphatic carbocycles. The Morgan fingerprint density at radius 3 is 2.44 bits per heavy atom. The third-order valence-corrected chi connectivity index (χ3v) is 3.94. The van der Waals surface area contributed by atoms with E-state index in [2.05, 4.69) is 15.4 Å². The minimum absolute atomic E-state index is 0.0474. The molecule has 1 fully saturated rings. The maximum atomic E-state index is 11.9. The lowest BCUT2D eigenvalue weighted by Gasteiger charge is -2.23. The van der Waals surface area contributed by atoms with Gasteiger partial charge in [0.1, 0.15) is 12.0 Å². The molecule has 0 radical (unpaired) electrons. The van der Waals surface area contributed by atoms with Gasteiger partial charge >= 0.3 is 5.97 Å². The highest BCUT2D eigenvalue weighted by atomic mass is 16.7. The molecule has 25 heavy (non-hydrogen) atoms. The molecule has 0 spiro atoms. The highest BCUT2D eigenvalue weighted by molar-refractivity contribution is 6.01. The predicted octanol–water partition coefficient (Wildman–Crippen LogP) is 0.606. The summed E-state index contributed by atoms with van der Waals surface area (Å²) in [5, 5.41) is 12.6. The number of amides is 2. The molecule has 1 aromatic heterocycles. The molecule has 130 valence electrons. The Morgan fingerprint density at radius 1 is 1.16 bits per heavy atom. The Labute approximate surface area is 143 Å². The van der Waals surface area contributed by atoms with E-state index in [4.69, 9.17) is 4.84 Å². The largest absolute Gasteiger partial charge is 0.340 e. The number of benzene rings is 1. The van der Waals surface area contributed by atoms with Gasteiger partial charge in [0, 0.05) is 12.8 Å². The number of hydrogen-bond acceptors (Lipinski definition) is 7. The van der Waals surface area contributed by atoms with Crippen molar-refractivity contribution in [3.8, 4) is 0 Å². The van der Waals surface area contributed by atoms with Crippen LogP contribution >= 0.6 is 0 Å². The molecule has 3 rings (SSSR count). The van der Waals surface area contributed by atoms with Crippen molar-refractivity contribution in [1.82, 2.24) is 25.3 Å². The lowest BCUT2D eigenvalue weighted by atomic mass is 9.95. The van der Waals surface area contributed by atoms with Gasteiger partial charge < -0.3 is 4.84 Å². The van der Waals surface area contributed by atoms with Crippen molar-refractivity contribution in [2.75, 3.05) is 0 Å². The van der Waals surface area contributed by atoms with Gasteiger partial charge in [-0.05, 0) is 24.6 Å². The van der Waals surface area contributed by atoms with Gasteiger partial charge in [0.15, 0.2) is 5.82 Å². The number of imide groups is 1. The first kappa shape index (κ1) is 16.7. The smallest absolute Gasteiger partial charge is 0.330 e. The van der Waals surface area contributed by atoms with Crippen LogP contribution in [-0.2, 0) is 31.2 Å². The lowest BCUT2D eigenvalue weighted by molar-refractivity contribution is -0.197. The molecule has 1 saturated heterocycles. The van der Waals surface area contributed by atoms with E-state index in [1.54, 1.807) is 0 Å². The Bertz CT molecular complexity index is 799. The van der Waals surface area contributed by atoms with Gasteiger partial charge in [-0.25, -0.2) is 4.79 Å². The van der Waals surface area contributed by atoms with Gasteiger partial charge in [-0.2, -0.15) is 4.80 Å². The topological polar surface area (TPSA) is 107 Å². The number of tetrazole rings is 1. The van der Waals surface area contributed by atoms with E-state index >= 15 is 0 Å². The van der Waals surface area contributed by atoms with E-state index < -0.39 is 23.3 Å². The molecular weight excluding hydrogens is 326 g/mol. The van der Waals surface area contributed by atoms with Crippen molar-refractivity contribution in [3.05, 3.63) is 41.7 Å². The number of carbonyl (C=O) groups excluding carboxylic acids is 3. The summed E-state index contributed by atoms with van der Waals surface area (Å²) in [6.45, 7) is 3.85. The van der Waals surface area contributed by atoms with E-state index in [1.807, 2.05) is 44.2 Å². The molecule has 0 bridgehead atoms. The maximum absolute atomic E-state index is 11.9. The second-order valence-electron chi connectivity index (χ2n) is 6.14. The summed E-state index contributed by atoms with van der Waals surface area (Å²) in [4.78, 5) is 41.0. The van der Waals surface area contributed by atoms with Gasteiger partial charge in [0.25, 0.3) is 11.8 Å². The molecule has 0 atom stereocenters. The normalized spacial score (nSPS) is 14.9. The van der Waals surface area contributed by atoms with Crippen LogP contribution in [0.15, 0.2) is 30.3 Å². The van der Waals surface area contributed by atoms with Gasteiger partial charge in [-0.1, -0.05) is 30.3 Å². The summed E-state index contributed by atoms with van der Waals surface area (Å²) >= 11 is 0. The molecule has 2 heterocycles. The van der Waals surface area contributed by atoms with Crippen LogP contribution in [0.4, 0.5) is 0 Å². The van der Waals surface area contributed by atoms with Gasteiger partial charge in [0.05, 0.1) is 0 Å². The second kappa shape index (κ2) is 6.42. The monoisotopic (exact) mass is 343 g/mol. The SMILES string of the molecule is CC(C)(c1ccccc1)n1nnc(CC(=O)ON2C(=O)CCC2=O)n1. The first-order valence-electron chi connectivity index (χ1n) is 7.79. The first-order chi connectivity index (χ1) is 11.9. The summed E-state index contributed by atoms with van der Waals surface area (Å²) in [6, 6.07) is 9.63. The van der Waals surface area contributed by atoms with Crippen LogP contribution in [0.1, 0.15) is 38.1 Å².